The van der Waals surface area contributed by atoms with Crippen molar-refractivity contribution in [2.45, 2.75) is 50.8 Å². The summed E-state index contributed by atoms with van der Waals surface area (Å²) in [6.45, 7) is 1.56. The van der Waals surface area contributed by atoms with Crippen LogP contribution in [0.5, 0.6) is 5.75 Å². The van der Waals surface area contributed by atoms with Crippen molar-refractivity contribution in [2.75, 3.05) is 20.2 Å². The number of esters is 1. The SMILES string of the molecule is COC(=O)[C@H](Cc1ccc(OCc2ccccc2)cc1)NC(=O)NC1CCN(C(=O)CCc2ccc(C#N)cc2)CC1. The van der Waals surface area contributed by atoms with E-state index < -0.39 is 18.0 Å². The Kier molecular flexibility index (Phi) is 10.9. The maximum atomic E-state index is 12.8. The Balaban J connectivity index is 1.20. The molecule has 0 aliphatic carbocycles. The first-order valence-electron chi connectivity index (χ1n) is 14.1. The fraction of sp³-hybridized carbons (Fsp3) is 0.333. The van der Waals surface area contributed by atoms with Crippen LogP contribution < -0.4 is 15.4 Å². The van der Waals surface area contributed by atoms with Crippen LogP contribution in [0.15, 0.2) is 78.9 Å². The largest absolute Gasteiger partial charge is 0.489 e. The maximum absolute atomic E-state index is 12.8. The van der Waals surface area contributed by atoms with Gasteiger partial charge in [0.05, 0.1) is 18.7 Å². The van der Waals surface area contributed by atoms with Crippen LogP contribution in [0.2, 0.25) is 0 Å². The van der Waals surface area contributed by atoms with Crippen LogP contribution in [-0.4, -0.2) is 55.1 Å². The highest BCUT2D eigenvalue weighted by molar-refractivity contribution is 5.84. The molecule has 3 aromatic carbocycles. The summed E-state index contributed by atoms with van der Waals surface area (Å²) in [7, 11) is 1.30. The second-order valence-electron chi connectivity index (χ2n) is 10.3. The van der Waals surface area contributed by atoms with Crippen molar-refractivity contribution < 1.29 is 23.9 Å². The summed E-state index contributed by atoms with van der Waals surface area (Å²) in [6, 6.07) is 25.2. The van der Waals surface area contributed by atoms with E-state index in [1.165, 1.54) is 7.11 Å². The molecule has 0 unspecified atom stereocenters. The molecule has 218 valence electrons. The Hall–Kier alpha value is -4.84. The summed E-state index contributed by atoms with van der Waals surface area (Å²) in [5, 5.41) is 14.6. The normalized spacial score (nSPS) is 13.9. The Labute approximate surface area is 246 Å². The van der Waals surface area contributed by atoms with E-state index in [1.807, 2.05) is 71.6 Å². The van der Waals surface area contributed by atoms with E-state index in [9.17, 15) is 14.4 Å². The van der Waals surface area contributed by atoms with Gasteiger partial charge in [-0.3, -0.25) is 4.79 Å². The molecule has 0 radical (unpaired) electrons. The molecule has 42 heavy (non-hydrogen) atoms. The molecule has 3 amide bonds. The minimum absolute atomic E-state index is 0.0736. The zero-order chi connectivity index (χ0) is 29.7. The van der Waals surface area contributed by atoms with Crippen molar-refractivity contribution in [2.24, 2.45) is 0 Å². The summed E-state index contributed by atoms with van der Waals surface area (Å²) in [4.78, 5) is 39.7. The lowest BCUT2D eigenvalue weighted by Crippen LogP contribution is -2.53. The van der Waals surface area contributed by atoms with E-state index in [1.54, 1.807) is 12.1 Å². The van der Waals surface area contributed by atoms with Gasteiger partial charge >= 0.3 is 12.0 Å². The van der Waals surface area contributed by atoms with Gasteiger partial charge in [0.25, 0.3) is 0 Å². The van der Waals surface area contributed by atoms with Crippen LogP contribution in [-0.2, 0) is 33.8 Å². The van der Waals surface area contributed by atoms with Gasteiger partial charge in [-0.05, 0) is 60.2 Å². The lowest BCUT2D eigenvalue weighted by molar-refractivity contribution is -0.142. The van der Waals surface area contributed by atoms with Gasteiger partial charge in [0, 0.05) is 32.0 Å². The number of carbonyl (C=O) groups excluding carboxylic acids is 3. The van der Waals surface area contributed by atoms with Gasteiger partial charge < -0.3 is 25.0 Å². The fourth-order valence-electron chi connectivity index (χ4n) is 4.85. The fourth-order valence-corrected chi connectivity index (χ4v) is 4.85. The maximum Gasteiger partial charge on any atom is 0.328 e. The first-order chi connectivity index (χ1) is 20.4. The highest BCUT2D eigenvalue weighted by Gasteiger charge is 2.26. The van der Waals surface area contributed by atoms with Gasteiger partial charge in [0.1, 0.15) is 18.4 Å². The van der Waals surface area contributed by atoms with E-state index in [4.69, 9.17) is 14.7 Å². The summed E-state index contributed by atoms with van der Waals surface area (Å²) >= 11 is 0. The van der Waals surface area contributed by atoms with E-state index in [0.717, 1.165) is 16.7 Å². The average Bonchev–Trinajstić information content (AvgIpc) is 3.03. The second-order valence-corrected chi connectivity index (χ2v) is 10.3. The van der Waals surface area contributed by atoms with Crippen LogP contribution in [0.1, 0.15) is 41.5 Å². The number of ether oxygens (including phenoxy) is 2. The first kappa shape index (κ1) is 30.1. The van der Waals surface area contributed by atoms with Gasteiger partial charge in [-0.15, -0.1) is 0 Å². The van der Waals surface area contributed by atoms with Crippen LogP contribution in [0.4, 0.5) is 4.79 Å². The Morgan fingerprint density at radius 1 is 0.929 bits per heavy atom. The number of carbonyl (C=O) groups is 3. The zero-order valence-electron chi connectivity index (χ0n) is 23.8. The van der Waals surface area contributed by atoms with Crippen LogP contribution >= 0.6 is 0 Å². The molecule has 4 rings (SSSR count). The van der Waals surface area contributed by atoms with Crippen molar-refractivity contribution >= 4 is 17.9 Å². The number of nitrogens with zero attached hydrogens (tertiary/aromatic N) is 2. The van der Waals surface area contributed by atoms with Gasteiger partial charge in [0.15, 0.2) is 0 Å². The quantitative estimate of drug-likeness (QED) is 0.336. The summed E-state index contributed by atoms with van der Waals surface area (Å²) in [5.41, 5.74) is 3.54. The zero-order valence-corrected chi connectivity index (χ0v) is 23.8. The number of likely N-dealkylation sites (tertiary alicyclic amines) is 1. The second kappa shape index (κ2) is 15.2. The third kappa shape index (κ3) is 9.10. The van der Waals surface area contributed by atoms with Crippen molar-refractivity contribution in [3.05, 3.63) is 101 Å². The summed E-state index contributed by atoms with van der Waals surface area (Å²) < 4.78 is 10.8. The molecule has 0 bridgehead atoms. The molecule has 9 nitrogen and oxygen atoms in total. The van der Waals surface area contributed by atoms with Gasteiger partial charge in [-0.25, -0.2) is 9.59 Å². The Bertz CT molecular complexity index is 1360. The van der Waals surface area contributed by atoms with Gasteiger partial charge in [0.2, 0.25) is 5.91 Å². The number of rotatable bonds is 11. The van der Waals surface area contributed by atoms with E-state index >= 15 is 0 Å². The molecule has 0 aromatic heterocycles. The molecule has 2 N–H and O–H groups in total. The van der Waals surface area contributed by atoms with Crippen LogP contribution in [0, 0.1) is 11.3 Å². The molecule has 1 aliphatic rings. The Morgan fingerprint density at radius 2 is 1.60 bits per heavy atom. The predicted molar refractivity (Wildman–Crippen MR) is 157 cm³/mol. The number of nitriles is 1. The number of nitrogens with one attached hydrogen (secondary N) is 2. The molecule has 1 aliphatic heterocycles. The number of hydrogen-bond donors (Lipinski definition) is 2. The summed E-state index contributed by atoms with van der Waals surface area (Å²) in [6.07, 6.45) is 2.53. The van der Waals surface area contributed by atoms with Crippen LogP contribution in [0.3, 0.4) is 0 Å². The highest BCUT2D eigenvalue weighted by Crippen LogP contribution is 2.17. The number of hydrogen-bond acceptors (Lipinski definition) is 6. The number of methoxy groups -OCH3 is 1. The Morgan fingerprint density at radius 3 is 2.24 bits per heavy atom. The molecular formula is C33H36N4O5. The number of benzene rings is 3. The van der Waals surface area contributed by atoms with E-state index in [-0.39, 0.29) is 18.4 Å². The molecule has 1 saturated heterocycles. The van der Waals surface area contributed by atoms with Crippen molar-refractivity contribution in [3.63, 3.8) is 0 Å². The molecule has 1 fully saturated rings. The lowest BCUT2D eigenvalue weighted by atomic mass is 10.0. The number of piperidine rings is 1. The molecule has 0 spiro atoms. The number of aryl methyl sites for hydroxylation is 1. The third-order valence-corrected chi connectivity index (χ3v) is 7.30. The smallest absolute Gasteiger partial charge is 0.328 e. The highest BCUT2D eigenvalue weighted by atomic mass is 16.5. The minimum atomic E-state index is -0.852. The van der Waals surface area contributed by atoms with Gasteiger partial charge in [-0.1, -0.05) is 54.6 Å². The number of amides is 3. The van der Waals surface area contributed by atoms with Gasteiger partial charge in [-0.2, -0.15) is 5.26 Å². The minimum Gasteiger partial charge on any atom is -0.489 e. The molecule has 1 atom stereocenters. The standard InChI is InChI=1S/C33H36N4O5/c1-41-32(39)30(21-25-11-14-29(15-12-25)42-23-27-5-3-2-4-6-27)36-33(40)35-28-17-19-37(20-18-28)31(38)16-13-24-7-9-26(22-34)10-8-24/h2-12,14-15,28,30H,13,16-21,23H2,1H3,(H2,35,36,40)/t30-/m0/s1. The van der Waals surface area contributed by atoms with E-state index in [2.05, 4.69) is 16.7 Å². The predicted octanol–water partition coefficient (Wildman–Crippen LogP) is 4.14. The van der Waals surface area contributed by atoms with E-state index in [0.29, 0.717) is 56.7 Å². The molecule has 3 aromatic rings. The average molecular weight is 569 g/mol. The lowest BCUT2D eigenvalue weighted by Gasteiger charge is -2.32. The van der Waals surface area contributed by atoms with Crippen LogP contribution in [0.25, 0.3) is 0 Å². The third-order valence-electron chi connectivity index (χ3n) is 7.30. The molecule has 1 heterocycles. The first-order valence-corrected chi connectivity index (χ1v) is 14.1. The van der Waals surface area contributed by atoms with Crippen molar-refractivity contribution in [1.29, 1.82) is 5.26 Å². The van der Waals surface area contributed by atoms with Crippen molar-refractivity contribution in [1.82, 2.24) is 15.5 Å². The number of urea groups is 1. The topological polar surface area (TPSA) is 121 Å². The monoisotopic (exact) mass is 568 g/mol. The molecule has 0 saturated carbocycles. The van der Waals surface area contributed by atoms with Crippen molar-refractivity contribution in [3.8, 4) is 11.8 Å². The molecule has 9 heteroatoms. The molecular weight excluding hydrogens is 532 g/mol. The summed E-state index contributed by atoms with van der Waals surface area (Å²) in [5.74, 6) is 0.253.